The van der Waals surface area contributed by atoms with E-state index < -0.39 is 0 Å². The van der Waals surface area contributed by atoms with Crippen LogP contribution in [0.15, 0.2) is 108 Å². The van der Waals surface area contributed by atoms with Gasteiger partial charge in [0.15, 0.2) is 11.6 Å². The highest BCUT2D eigenvalue weighted by molar-refractivity contribution is 6.05. The molecule has 0 N–H and O–H groups in total. The van der Waals surface area contributed by atoms with Crippen molar-refractivity contribution in [2.24, 2.45) is 0 Å². The van der Waals surface area contributed by atoms with Gasteiger partial charge >= 0.3 is 0 Å². The van der Waals surface area contributed by atoms with Gasteiger partial charge in [-0.2, -0.15) is 0 Å². The lowest BCUT2D eigenvalue weighted by molar-refractivity contribution is -0.118. The molecule has 3 heteroatoms. The molecule has 1 unspecified atom stereocenters. The van der Waals surface area contributed by atoms with Crippen molar-refractivity contribution in [3.8, 4) is 0 Å². The summed E-state index contributed by atoms with van der Waals surface area (Å²) in [5.41, 5.74) is 7.04. The molecule has 0 fully saturated rings. The third kappa shape index (κ3) is 4.26. The Balaban J connectivity index is 1.26. The number of Topliss-reactive ketones (excluding diaryl/α,β-unsaturated/α-hetero) is 2. The number of rotatable bonds is 4. The lowest BCUT2D eigenvalue weighted by atomic mass is 9.77. The number of benzene rings is 3. The van der Waals surface area contributed by atoms with Gasteiger partial charge in [-0.1, -0.05) is 84.9 Å². The monoisotopic (exact) mass is 472 g/mol. The maximum Gasteiger partial charge on any atom is 0.170 e. The van der Waals surface area contributed by atoms with Gasteiger partial charge in [0.2, 0.25) is 0 Å². The maximum absolute atomic E-state index is 13.5. The lowest BCUT2D eigenvalue weighted by Gasteiger charge is -2.32. The van der Waals surface area contributed by atoms with E-state index in [9.17, 15) is 9.59 Å². The summed E-state index contributed by atoms with van der Waals surface area (Å²) < 4.78 is 6.08. The van der Waals surface area contributed by atoms with E-state index in [0.717, 1.165) is 70.6 Å². The lowest BCUT2D eigenvalue weighted by Crippen LogP contribution is -2.28. The Morgan fingerprint density at radius 1 is 0.722 bits per heavy atom. The van der Waals surface area contributed by atoms with E-state index >= 15 is 0 Å². The smallest absolute Gasteiger partial charge is 0.170 e. The van der Waals surface area contributed by atoms with E-state index in [2.05, 4.69) is 78.9 Å². The molecule has 0 aromatic heterocycles. The van der Waals surface area contributed by atoms with Crippen LogP contribution >= 0.6 is 0 Å². The van der Waals surface area contributed by atoms with Crippen LogP contribution in [0.5, 0.6) is 0 Å². The summed E-state index contributed by atoms with van der Waals surface area (Å²) in [6, 6.07) is 29.2. The molecular weight excluding hydrogens is 444 g/mol. The van der Waals surface area contributed by atoms with Gasteiger partial charge in [-0.3, -0.25) is 9.59 Å². The molecule has 3 aromatic rings. The van der Waals surface area contributed by atoms with Crippen molar-refractivity contribution in [1.29, 1.82) is 0 Å². The van der Waals surface area contributed by atoms with Crippen molar-refractivity contribution in [1.82, 2.24) is 0 Å². The average molecular weight is 473 g/mol. The van der Waals surface area contributed by atoms with Gasteiger partial charge in [0.05, 0.1) is 0 Å². The molecule has 0 radical (unpaired) electrons. The third-order valence-corrected chi connectivity index (χ3v) is 7.51. The summed E-state index contributed by atoms with van der Waals surface area (Å²) in [5.74, 6) is 1.66. The van der Waals surface area contributed by atoms with Crippen LogP contribution in [0.3, 0.4) is 0 Å². The van der Waals surface area contributed by atoms with Crippen molar-refractivity contribution < 1.29 is 14.3 Å². The topological polar surface area (TPSA) is 43.4 Å². The highest BCUT2D eigenvalue weighted by Crippen LogP contribution is 2.43. The van der Waals surface area contributed by atoms with Crippen LogP contribution in [0.25, 0.3) is 11.6 Å². The van der Waals surface area contributed by atoms with Crippen LogP contribution in [0.4, 0.5) is 0 Å². The van der Waals surface area contributed by atoms with Gasteiger partial charge in [-0.15, -0.1) is 0 Å². The Hall–Kier alpha value is -3.98. The Morgan fingerprint density at radius 2 is 1.36 bits per heavy atom. The highest BCUT2D eigenvalue weighted by Gasteiger charge is 2.37. The van der Waals surface area contributed by atoms with Gasteiger partial charge in [-0.25, -0.2) is 0 Å². The first-order chi connectivity index (χ1) is 17.7. The number of hydrogen-bond donors (Lipinski definition) is 0. The molecular formula is C33H28O3. The average Bonchev–Trinajstić information content (AvgIpc) is 2.93. The van der Waals surface area contributed by atoms with Crippen LogP contribution in [-0.2, 0) is 14.3 Å². The normalized spacial score (nSPS) is 19.4. The van der Waals surface area contributed by atoms with E-state index in [-0.39, 0.29) is 17.5 Å². The molecule has 2 aliphatic carbocycles. The molecule has 0 saturated heterocycles. The van der Waals surface area contributed by atoms with E-state index in [1.165, 1.54) is 0 Å². The number of carbonyl (C=O) groups excluding carboxylic acids is 2. The van der Waals surface area contributed by atoms with Gasteiger partial charge in [0, 0.05) is 42.7 Å². The summed E-state index contributed by atoms with van der Waals surface area (Å²) in [5, 5.41) is 0. The van der Waals surface area contributed by atoms with Crippen LogP contribution in [0, 0.1) is 0 Å². The summed E-state index contributed by atoms with van der Waals surface area (Å²) in [4.78, 5) is 25.9. The quantitative estimate of drug-likeness (QED) is 0.372. The van der Waals surface area contributed by atoms with Gasteiger partial charge in [0.1, 0.15) is 11.5 Å². The fraction of sp³-hybridized carbons (Fsp3) is 0.212. The fourth-order valence-electron chi connectivity index (χ4n) is 5.58. The first-order valence-electron chi connectivity index (χ1n) is 12.8. The number of carbonyl (C=O) groups is 2. The van der Waals surface area contributed by atoms with Crippen LogP contribution in [0.1, 0.15) is 66.7 Å². The van der Waals surface area contributed by atoms with Gasteiger partial charge in [-0.05, 0) is 46.7 Å². The first kappa shape index (κ1) is 22.5. The summed E-state index contributed by atoms with van der Waals surface area (Å²) in [6.45, 7) is 0. The number of ketones is 2. The van der Waals surface area contributed by atoms with Gasteiger partial charge < -0.3 is 4.74 Å². The number of hydrogen-bond acceptors (Lipinski definition) is 3. The maximum atomic E-state index is 13.5. The summed E-state index contributed by atoms with van der Waals surface area (Å²) in [7, 11) is 0. The zero-order chi connectivity index (χ0) is 24.5. The van der Waals surface area contributed by atoms with E-state index in [0.29, 0.717) is 18.4 Å². The molecule has 0 amide bonds. The number of ether oxygens (including phenoxy) is 1. The molecule has 1 atom stereocenters. The second-order valence-electron chi connectivity index (χ2n) is 9.77. The van der Waals surface area contributed by atoms with Crippen LogP contribution < -0.4 is 0 Å². The molecule has 6 rings (SSSR count). The van der Waals surface area contributed by atoms with Crippen molar-refractivity contribution in [3.05, 3.63) is 130 Å². The Kier molecular flexibility index (Phi) is 5.98. The largest absolute Gasteiger partial charge is 0.465 e. The zero-order valence-corrected chi connectivity index (χ0v) is 20.2. The predicted octanol–water partition coefficient (Wildman–Crippen LogP) is 7.40. The third-order valence-electron chi connectivity index (χ3n) is 7.51. The molecule has 178 valence electrons. The first-order valence-corrected chi connectivity index (χ1v) is 12.8. The van der Waals surface area contributed by atoms with Crippen molar-refractivity contribution >= 4 is 23.2 Å². The summed E-state index contributed by atoms with van der Waals surface area (Å²) >= 11 is 0. The minimum Gasteiger partial charge on any atom is -0.465 e. The van der Waals surface area contributed by atoms with Crippen molar-refractivity contribution in [2.45, 2.75) is 44.4 Å². The van der Waals surface area contributed by atoms with E-state index in [1.54, 1.807) is 0 Å². The second-order valence-corrected chi connectivity index (χ2v) is 9.77. The van der Waals surface area contributed by atoms with Crippen molar-refractivity contribution in [3.63, 3.8) is 0 Å². The molecule has 1 aliphatic heterocycles. The van der Waals surface area contributed by atoms with Crippen LogP contribution in [-0.4, -0.2) is 11.6 Å². The molecule has 3 aliphatic rings. The Morgan fingerprint density at radius 3 is 2.03 bits per heavy atom. The van der Waals surface area contributed by atoms with Gasteiger partial charge in [0.25, 0.3) is 0 Å². The minimum absolute atomic E-state index is 0.110. The molecule has 0 saturated carbocycles. The second kappa shape index (κ2) is 9.58. The van der Waals surface area contributed by atoms with E-state index in [4.69, 9.17) is 4.74 Å². The molecule has 3 aromatic carbocycles. The van der Waals surface area contributed by atoms with Crippen LogP contribution in [0.2, 0.25) is 0 Å². The molecule has 1 heterocycles. The predicted molar refractivity (Wildman–Crippen MR) is 142 cm³/mol. The molecule has 36 heavy (non-hydrogen) atoms. The zero-order valence-electron chi connectivity index (χ0n) is 20.2. The SMILES string of the molecule is O=C1CCCC2=C1CC1=C(CCC(c3ccc(C=C(c4ccccc4)c4ccccc4)cc3)C1=O)O2. The van der Waals surface area contributed by atoms with Crippen molar-refractivity contribution in [2.75, 3.05) is 0 Å². The standard InChI is InChI=1S/C33H28O3/c34-30-12-7-13-31-28(30)21-29-32(36-31)19-18-26(33(29)35)25-16-14-22(15-17-25)20-27(23-8-3-1-4-9-23)24-10-5-2-6-11-24/h1-6,8-11,14-17,20,26H,7,12-13,18-19,21H2. The highest BCUT2D eigenvalue weighted by atomic mass is 16.5. The Bertz CT molecular complexity index is 1370. The molecule has 0 spiro atoms. The molecule has 3 nitrogen and oxygen atoms in total. The molecule has 0 bridgehead atoms. The minimum atomic E-state index is -0.186. The Labute approximate surface area is 211 Å². The number of allylic oxidation sites excluding steroid dienone is 4. The summed E-state index contributed by atoms with van der Waals surface area (Å²) in [6.07, 6.45) is 6.33. The van der Waals surface area contributed by atoms with E-state index in [1.807, 2.05) is 12.1 Å². The fourth-order valence-corrected chi connectivity index (χ4v) is 5.58.